The van der Waals surface area contributed by atoms with Gasteiger partial charge in [0.05, 0.1) is 19.8 Å². The predicted octanol–water partition coefficient (Wildman–Crippen LogP) is 4.21. The van der Waals surface area contributed by atoms with Crippen LogP contribution in [0.5, 0.6) is 5.75 Å². The average Bonchev–Trinajstić information content (AvgIpc) is 3.32. The largest absolute Gasteiger partial charge is 0.497 e. The molecule has 1 fully saturated rings. The summed E-state index contributed by atoms with van der Waals surface area (Å²) in [6.07, 6.45) is 2.30. The fourth-order valence-electron chi connectivity index (χ4n) is 4.31. The maximum absolute atomic E-state index is 12.9. The fraction of sp³-hybridized carbons (Fsp3) is 0.385. The Bertz CT molecular complexity index is 1180. The first-order chi connectivity index (χ1) is 15.9. The number of aromatic nitrogens is 1. The van der Waals surface area contributed by atoms with Gasteiger partial charge in [-0.15, -0.1) is 0 Å². The lowest BCUT2D eigenvalue weighted by atomic mass is 10.0. The van der Waals surface area contributed by atoms with Gasteiger partial charge in [0.2, 0.25) is 0 Å². The van der Waals surface area contributed by atoms with Crippen molar-refractivity contribution in [2.45, 2.75) is 45.9 Å². The van der Waals surface area contributed by atoms with Crippen molar-refractivity contribution in [1.82, 2.24) is 15.2 Å². The highest BCUT2D eigenvalue weighted by Crippen LogP contribution is 2.20. The van der Waals surface area contributed by atoms with Crippen LogP contribution < -0.4 is 15.6 Å². The van der Waals surface area contributed by atoms with Crippen molar-refractivity contribution >= 4 is 28.2 Å². The molecular formula is C26H31N3O3S. The molecule has 4 rings (SSSR count). The lowest BCUT2D eigenvalue weighted by Crippen LogP contribution is -2.42. The van der Waals surface area contributed by atoms with Crippen molar-refractivity contribution in [3.63, 3.8) is 0 Å². The Labute approximate surface area is 199 Å². The summed E-state index contributed by atoms with van der Waals surface area (Å²) < 4.78 is 11.0. The van der Waals surface area contributed by atoms with Gasteiger partial charge >= 0.3 is 0 Å². The van der Waals surface area contributed by atoms with Crippen LogP contribution in [0.2, 0.25) is 0 Å². The number of aromatic amines is 1. The Hall–Kier alpha value is -2.90. The van der Waals surface area contributed by atoms with Crippen molar-refractivity contribution in [2.24, 2.45) is 0 Å². The molecule has 0 bridgehead atoms. The lowest BCUT2D eigenvalue weighted by Gasteiger charge is -2.27. The molecule has 0 radical (unpaired) electrons. The lowest BCUT2D eigenvalue weighted by molar-refractivity contribution is 0.113. The third-order valence-electron chi connectivity index (χ3n) is 6.08. The molecule has 0 unspecified atom stereocenters. The third kappa shape index (κ3) is 5.72. The Balaban J connectivity index is 1.59. The molecule has 33 heavy (non-hydrogen) atoms. The van der Waals surface area contributed by atoms with Crippen LogP contribution in [-0.2, 0) is 17.8 Å². The van der Waals surface area contributed by atoms with E-state index in [1.807, 2.05) is 48.2 Å². The van der Waals surface area contributed by atoms with Crippen molar-refractivity contribution in [2.75, 3.05) is 20.3 Å². The van der Waals surface area contributed by atoms with E-state index in [1.165, 1.54) is 0 Å². The van der Waals surface area contributed by atoms with Crippen molar-refractivity contribution in [3.05, 3.63) is 75.1 Å². The molecule has 1 aromatic heterocycles. The molecule has 3 aromatic rings. The normalized spacial score (nSPS) is 15.5. The number of thiocarbonyl (C=S) groups is 1. The molecule has 1 saturated heterocycles. The molecule has 1 atom stereocenters. The van der Waals surface area contributed by atoms with Crippen LogP contribution in [0.25, 0.3) is 10.9 Å². The number of pyridine rings is 1. The fourth-order valence-corrected chi connectivity index (χ4v) is 4.52. The van der Waals surface area contributed by atoms with E-state index in [-0.39, 0.29) is 11.7 Å². The van der Waals surface area contributed by atoms with Crippen LogP contribution in [-0.4, -0.2) is 41.4 Å². The number of H-pyrrole nitrogens is 1. The molecule has 1 aliphatic heterocycles. The summed E-state index contributed by atoms with van der Waals surface area (Å²) >= 11 is 5.76. The van der Waals surface area contributed by atoms with Crippen molar-refractivity contribution in [3.8, 4) is 5.75 Å². The van der Waals surface area contributed by atoms with Crippen LogP contribution in [0.1, 0.15) is 35.1 Å². The minimum atomic E-state index is -0.0887. The molecule has 7 heteroatoms. The molecule has 0 spiro atoms. The van der Waals surface area contributed by atoms with Crippen LogP contribution in [0.15, 0.2) is 47.3 Å². The number of rotatable bonds is 7. The zero-order valence-electron chi connectivity index (χ0n) is 19.4. The van der Waals surface area contributed by atoms with Crippen molar-refractivity contribution < 1.29 is 9.47 Å². The standard InChI is InChI=1S/C26H31N3O3S/c1-17-11-18(2)23-13-20(25(30)28-24(23)12-17)16-29(15-19-6-8-21(31-3)9-7-19)26(33)27-14-22-5-4-10-32-22/h6-9,11-13,22H,4-5,10,14-16H2,1-3H3,(H,27,33)(H,28,30)/t22-/m0/s1. The second kappa shape index (κ2) is 10.4. The highest BCUT2D eigenvalue weighted by Gasteiger charge is 2.19. The Kier molecular flexibility index (Phi) is 7.30. The first kappa shape index (κ1) is 23.3. The van der Waals surface area contributed by atoms with Gasteiger partial charge < -0.3 is 24.7 Å². The first-order valence-electron chi connectivity index (χ1n) is 11.3. The van der Waals surface area contributed by atoms with Gasteiger partial charge in [-0.25, -0.2) is 0 Å². The van der Waals surface area contributed by atoms with E-state index < -0.39 is 0 Å². The number of hydrogen-bond donors (Lipinski definition) is 2. The van der Waals surface area contributed by atoms with E-state index in [9.17, 15) is 4.79 Å². The molecular weight excluding hydrogens is 434 g/mol. The molecule has 0 aliphatic carbocycles. The Morgan fingerprint density at radius 3 is 2.70 bits per heavy atom. The SMILES string of the molecule is COc1ccc(CN(Cc2cc3c(C)cc(C)cc3[nH]c2=O)C(=S)NC[C@@H]2CCCO2)cc1. The van der Waals surface area contributed by atoms with Gasteiger partial charge in [0.15, 0.2) is 5.11 Å². The average molecular weight is 466 g/mol. The Morgan fingerprint density at radius 1 is 1.21 bits per heavy atom. The summed E-state index contributed by atoms with van der Waals surface area (Å²) in [4.78, 5) is 18.0. The van der Waals surface area contributed by atoms with Crippen LogP contribution in [0.4, 0.5) is 0 Å². The summed E-state index contributed by atoms with van der Waals surface area (Å²) in [6, 6.07) is 14.0. The van der Waals surface area contributed by atoms with Gasteiger partial charge in [-0.1, -0.05) is 18.2 Å². The molecule has 0 amide bonds. The molecule has 174 valence electrons. The van der Waals surface area contributed by atoms with Crippen LogP contribution in [0, 0.1) is 13.8 Å². The number of hydrogen-bond acceptors (Lipinski definition) is 4. The molecule has 0 saturated carbocycles. The number of methoxy groups -OCH3 is 1. The van der Waals surface area contributed by atoms with E-state index in [0.717, 1.165) is 52.8 Å². The maximum atomic E-state index is 12.9. The molecule has 2 aromatic carbocycles. The molecule has 1 aliphatic rings. The van der Waals surface area contributed by atoms with Gasteiger partial charge in [0.25, 0.3) is 5.56 Å². The summed E-state index contributed by atoms with van der Waals surface area (Å²) in [5.74, 6) is 0.807. The monoisotopic (exact) mass is 465 g/mol. The van der Waals surface area contributed by atoms with Crippen LogP contribution in [0.3, 0.4) is 0 Å². The molecule has 6 nitrogen and oxygen atoms in total. The minimum Gasteiger partial charge on any atom is -0.497 e. The van der Waals surface area contributed by atoms with E-state index in [2.05, 4.69) is 23.3 Å². The summed E-state index contributed by atoms with van der Waals surface area (Å²) in [5, 5.41) is 5.02. The molecule has 2 N–H and O–H groups in total. The summed E-state index contributed by atoms with van der Waals surface area (Å²) in [5.41, 5.74) is 4.81. The minimum absolute atomic E-state index is 0.0887. The number of benzene rings is 2. The third-order valence-corrected chi connectivity index (χ3v) is 6.48. The number of aryl methyl sites for hydroxylation is 2. The molecule has 2 heterocycles. The highest BCUT2D eigenvalue weighted by molar-refractivity contribution is 7.80. The summed E-state index contributed by atoms with van der Waals surface area (Å²) in [6.45, 7) is 6.56. The van der Waals surface area contributed by atoms with Gasteiger partial charge in [-0.3, -0.25) is 4.79 Å². The van der Waals surface area contributed by atoms with Crippen LogP contribution >= 0.6 is 12.2 Å². The zero-order valence-corrected chi connectivity index (χ0v) is 20.3. The number of ether oxygens (including phenoxy) is 2. The van der Waals surface area contributed by atoms with E-state index in [0.29, 0.717) is 30.3 Å². The quantitative estimate of drug-likeness (QED) is 0.510. The van der Waals surface area contributed by atoms with Gasteiger partial charge in [-0.2, -0.15) is 0 Å². The van der Waals surface area contributed by atoms with E-state index in [1.54, 1.807) is 7.11 Å². The maximum Gasteiger partial charge on any atom is 0.253 e. The smallest absolute Gasteiger partial charge is 0.253 e. The number of nitrogens with zero attached hydrogens (tertiary/aromatic N) is 1. The topological polar surface area (TPSA) is 66.6 Å². The second-order valence-electron chi connectivity index (χ2n) is 8.69. The Morgan fingerprint density at radius 2 is 2.00 bits per heavy atom. The number of fused-ring (bicyclic) bond motifs is 1. The first-order valence-corrected chi connectivity index (χ1v) is 11.7. The zero-order chi connectivity index (χ0) is 23.4. The van der Waals surface area contributed by atoms with Crippen molar-refractivity contribution in [1.29, 1.82) is 0 Å². The van der Waals surface area contributed by atoms with Gasteiger partial charge in [0, 0.05) is 36.2 Å². The second-order valence-corrected chi connectivity index (χ2v) is 9.08. The predicted molar refractivity (Wildman–Crippen MR) is 136 cm³/mol. The van der Waals surface area contributed by atoms with E-state index in [4.69, 9.17) is 21.7 Å². The summed E-state index contributed by atoms with van der Waals surface area (Å²) in [7, 11) is 1.65. The van der Waals surface area contributed by atoms with E-state index >= 15 is 0 Å². The van der Waals surface area contributed by atoms with Gasteiger partial charge in [0.1, 0.15) is 5.75 Å². The van der Waals surface area contributed by atoms with Gasteiger partial charge in [-0.05, 0) is 79.9 Å². The highest BCUT2D eigenvalue weighted by atomic mass is 32.1. The number of nitrogens with one attached hydrogen (secondary N) is 2.